The molecule has 20 heavy (non-hydrogen) atoms. The highest BCUT2D eigenvalue weighted by molar-refractivity contribution is 6.31. The van der Waals surface area contributed by atoms with Crippen LogP contribution in [0, 0.1) is 6.92 Å². The van der Waals surface area contributed by atoms with Crippen LogP contribution in [-0.2, 0) is 6.42 Å². The summed E-state index contributed by atoms with van der Waals surface area (Å²) in [5, 5.41) is 4.44. The van der Waals surface area contributed by atoms with Crippen molar-refractivity contribution in [3.05, 3.63) is 64.4 Å². The van der Waals surface area contributed by atoms with Gasteiger partial charge in [-0.3, -0.25) is 4.98 Å². The fourth-order valence-corrected chi connectivity index (χ4v) is 2.40. The molecular weight excluding hydrogens is 268 g/mol. The van der Waals surface area contributed by atoms with Gasteiger partial charge in [-0.2, -0.15) is 0 Å². The van der Waals surface area contributed by atoms with Gasteiger partial charge in [0.1, 0.15) is 0 Å². The van der Waals surface area contributed by atoms with Gasteiger partial charge in [0.2, 0.25) is 0 Å². The molecule has 106 valence electrons. The average molecular weight is 289 g/mol. The van der Waals surface area contributed by atoms with Crippen LogP contribution in [0.3, 0.4) is 0 Å². The SMILES string of the molecule is CCCNC(Cc1ccncc1)c1ccc(C)c(Cl)c1. The van der Waals surface area contributed by atoms with Gasteiger partial charge in [0.15, 0.2) is 0 Å². The van der Waals surface area contributed by atoms with Crippen molar-refractivity contribution >= 4 is 11.6 Å². The average Bonchev–Trinajstić information content (AvgIpc) is 2.47. The second-order valence-electron chi connectivity index (χ2n) is 5.07. The summed E-state index contributed by atoms with van der Waals surface area (Å²) in [6, 6.07) is 10.7. The van der Waals surface area contributed by atoms with Crippen molar-refractivity contribution in [2.45, 2.75) is 32.7 Å². The number of rotatable bonds is 6. The van der Waals surface area contributed by atoms with Crippen LogP contribution in [0.15, 0.2) is 42.7 Å². The van der Waals surface area contributed by atoms with Gasteiger partial charge in [0.25, 0.3) is 0 Å². The fraction of sp³-hybridized carbons (Fsp3) is 0.353. The number of hydrogen-bond donors (Lipinski definition) is 1. The lowest BCUT2D eigenvalue weighted by Crippen LogP contribution is -2.24. The summed E-state index contributed by atoms with van der Waals surface area (Å²) in [5.41, 5.74) is 3.64. The molecule has 1 aromatic heterocycles. The van der Waals surface area contributed by atoms with Gasteiger partial charge in [-0.25, -0.2) is 0 Å². The predicted octanol–water partition coefficient (Wildman–Crippen LogP) is 4.33. The molecule has 2 nitrogen and oxygen atoms in total. The largest absolute Gasteiger partial charge is 0.310 e. The van der Waals surface area contributed by atoms with Crippen LogP contribution in [0.1, 0.15) is 36.1 Å². The lowest BCUT2D eigenvalue weighted by molar-refractivity contribution is 0.529. The Morgan fingerprint density at radius 2 is 1.95 bits per heavy atom. The summed E-state index contributed by atoms with van der Waals surface area (Å²) in [6.07, 6.45) is 5.75. The Balaban J connectivity index is 2.20. The van der Waals surface area contributed by atoms with Crippen LogP contribution in [0.25, 0.3) is 0 Å². The monoisotopic (exact) mass is 288 g/mol. The first-order valence-corrected chi connectivity index (χ1v) is 7.47. The van der Waals surface area contributed by atoms with Crippen LogP contribution in [0.5, 0.6) is 0 Å². The highest BCUT2D eigenvalue weighted by Gasteiger charge is 2.12. The van der Waals surface area contributed by atoms with E-state index in [9.17, 15) is 0 Å². The molecule has 1 N–H and O–H groups in total. The van der Waals surface area contributed by atoms with Crippen molar-refractivity contribution in [1.82, 2.24) is 10.3 Å². The minimum absolute atomic E-state index is 0.287. The molecule has 1 unspecified atom stereocenters. The van der Waals surface area contributed by atoms with Crippen molar-refractivity contribution < 1.29 is 0 Å². The van der Waals surface area contributed by atoms with Gasteiger partial charge in [-0.1, -0.05) is 30.7 Å². The van der Waals surface area contributed by atoms with Crippen LogP contribution in [-0.4, -0.2) is 11.5 Å². The van der Waals surface area contributed by atoms with E-state index in [0.717, 1.165) is 30.0 Å². The summed E-state index contributed by atoms with van der Waals surface area (Å²) >= 11 is 6.26. The standard InChI is InChI=1S/C17H21ClN2/c1-3-8-20-17(11-14-6-9-19-10-7-14)15-5-4-13(2)16(18)12-15/h4-7,9-10,12,17,20H,3,8,11H2,1-2H3. The van der Waals surface area contributed by atoms with Crippen molar-refractivity contribution in [3.63, 3.8) is 0 Å². The Bertz CT molecular complexity index is 540. The summed E-state index contributed by atoms with van der Waals surface area (Å²) < 4.78 is 0. The molecule has 1 atom stereocenters. The predicted molar refractivity (Wildman–Crippen MR) is 85.2 cm³/mol. The molecule has 0 radical (unpaired) electrons. The number of pyridine rings is 1. The maximum absolute atomic E-state index is 6.26. The van der Waals surface area contributed by atoms with E-state index < -0.39 is 0 Å². The summed E-state index contributed by atoms with van der Waals surface area (Å²) in [6.45, 7) is 5.21. The summed E-state index contributed by atoms with van der Waals surface area (Å²) in [4.78, 5) is 4.07. The molecule has 0 saturated carbocycles. The van der Waals surface area contributed by atoms with Gasteiger partial charge in [0.05, 0.1) is 0 Å². The molecule has 3 heteroatoms. The summed E-state index contributed by atoms with van der Waals surface area (Å²) in [5.74, 6) is 0. The van der Waals surface area contributed by atoms with E-state index in [1.807, 2.05) is 19.3 Å². The Kier molecular flexibility index (Phi) is 5.57. The second-order valence-corrected chi connectivity index (χ2v) is 5.48. The lowest BCUT2D eigenvalue weighted by atomic mass is 9.98. The normalized spacial score (nSPS) is 12.3. The van der Waals surface area contributed by atoms with E-state index in [0.29, 0.717) is 0 Å². The topological polar surface area (TPSA) is 24.9 Å². The third-order valence-corrected chi connectivity index (χ3v) is 3.84. The van der Waals surface area contributed by atoms with E-state index in [1.165, 1.54) is 11.1 Å². The van der Waals surface area contributed by atoms with Crippen molar-refractivity contribution in [2.75, 3.05) is 6.54 Å². The van der Waals surface area contributed by atoms with Crippen LogP contribution in [0.4, 0.5) is 0 Å². The van der Waals surface area contributed by atoms with E-state index in [-0.39, 0.29) is 6.04 Å². The molecule has 0 fully saturated rings. The zero-order valence-corrected chi connectivity index (χ0v) is 12.8. The molecule has 0 aliphatic heterocycles. The quantitative estimate of drug-likeness (QED) is 0.856. The van der Waals surface area contributed by atoms with Gasteiger partial charge in [-0.05, 0) is 61.2 Å². The summed E-state index contributed by atoms with van der Waals surface area (Å²) in [7, 11) is 0. The Labute approximate surface area is 126 Å². The number of benzene rings is 1. The third-order valence-electron chi connectivity index (χ3n) is 3.43. The van der Waals surface area contributed by atoms with Crippen LogP contribution in [0.2, 0.25) is 5.02 Å². The second kappa shape index (κ2) is 7.41. The van der Waals surface area contributed by atoms with E-state index in [4.69, 9.17) is 11.6 Å². The number of halogens is 1. The van der Waals surface area contributed by atoms with Crippen LogP contribution < -0.4 is 5.32 Å². The maximum atomic E-state index is 6.26. The molecule has 1 heterocycles. The molecule has 1 aromatic carbocycles. The lowest BCUT2D eigenvalue weighted by Gasteiger charge is -2.20. The molecule has 0 amide bonds. The highest BCUT2D eigenvalue weighted by Crippen LogP contribution is 2.24. The molecule has 2 rings (SSSR count). The first-order chi connectivity index (χ1) is 9.70. The molecule has 0 aliphatic carbocycles. The van der Waals surface area contributed by atoms with Crippen LogP contribution >= 0.6 is 11.6 Å². The van der Waals surface area contributed by atoms with Crippen molar-refractivity contribution in [3.8, 4) is 0 Å². The van der Waals surface area contributed by atoms with Crippen molar-refractivity contribution in [2.24, 2.45) is 0 Å². The number of aryl methyl sites for hydroxylation is 1. The molecule has 2 aromatic rings. The van der Waals surface area contributed by atoms with Gasteiger partial charge in [-0.15, -0.1) is 0 Å². The van der Waals surface area contributed by atoms with Gasteiger partial charge in [0, 0.05) is 23.5 Å². The molecular formula is C17H21ClN2. The van der Waals surface area contributed by atoms with Gasteiger partial charge < -0.3 is 5.32 Å². The van der Waals surface area contributed by atoms with E-state index in [2.05, 4.69) is 47.6 Å². The number of hydrogen-bond acceptors (Lipinski definition) is 2. The number of aromatic nitrogens is 1. The Morgan fingerprint density at radius 1 is 1.20 bits per heavy atom. The first kappa shape index (κ1) is 15.0. The highest BCUT2D eigenvalue weighted by atomic mass is 35.5. The molecule has 0 aliphatic rings. The zero-order chi connectivity index (χ0) is 14.4. The first-order valence-electron chi connectivity index (χ1n) is 7.09. The molecule has 0 bridgehead atoms. The Morgan fingerprint density at radius 3 is 2.60 bits per heavy atom. The molecule has 0 spiro atoms. The smallest absolute Gasteiger partial charge is 0.0438 e. The molecule has 0 saturated heterocycles. The van der Waals surface area contributed by atoms with E-state index in [1.54, 1.807) is 0 Å². The number of nitrogens with one attached hydrogen (secondary N) is 1. The Hall–Kier alpha value is -1.38. The third kappa shape index (κ3) is 4.06. The maximum Gasteiger partial charge on any atom is 0.0438 e. The fourth-order valence-electron chi connectivity index (χ4n) is 2.21. The van der Waals surface area contributed by atoms with E-state index >= 15 is 0 Å². The zero-order valence-electron chi connectivity index (χ0n) is 12.1. The van der Waals surface area contributed by atoms with Gasteiger partial charge >= 0.3 is 0 Å². The minimum Gasteiger partial charge on any atom is -0.310 e. The minimum atomic E-state index is 0.287. The number of nitrogens with zero attached hydrogens (tertiary/aromatic N) is 1. The van der Waals surface area contributed by atoms with Crippen molar-refractivity contribution in [1.29, 1.82) is 0 Å².